The molecule has 2 aromatic rings. The van der Waals surface area contributed by atoms with E-state index in [2.05, 4.69) is 21.1 Å². The summed E-state index contributed by atoms with van der Waals surface area (Å²) in [5, 5.41) is 3.71. The van der Waals surface area contributed by atoms with Crippen LogP contribution in [0.4, 0.5) is 4.39 Å². The van der Waals surface area contributed by atoms with Gasteiger partial charge in [-0.15, -0.1) is 0 Å². The Labute approximate surface area is 111 Å². The van der Waals surface area contributed by atoms with E-state index in [1.54, 1.807) is 19.1 Å². The van der Waals surface area contributed by atoms with Gasteiger partial charge in [0.15, 0.2) is 0 Å². The van der Waals surface area contributed by atoms with Gasteiger partial charge in [0.25, 0.3) is 0 Å². The molecule has 0 spiro atoms. The van der Waals surface area contributed by atoms with Crippen LogP contribution in [-0.4, -0.2) is 11.1 Å². The number of rotatable bonds is 2. The standard InChI is InChI=1S/C12H9BrFNO3/c1-6-11(17-7(2)16)12(18-15-6)8-3-4-9(13)10(14)5-8/h3-5H,1-2H3. The zero-order valence-electron chi connectivity index (χ0n) is 9.66. The summed E-state index contributed by atoms with van der Waals surface area (Å²) in [6.07, 6.45) is 0. The van der Waals surface area contributed by atoms with Crippen molar-refractivity contribution in [1.29, 1.82) is 0 Å². The van der Waals surface area contributed by atoms with Gasteiger partial charge in [0.05, 0.1) is 4.47 Å². The van der Waals surface area contributed by atoms with E-state index < -0.39 is 11.8 Å². The topological polar surface area (TPSA) is 52.3 Å². The molecule has 0 saturated carbocycles. The van der Waals surface area contributed by atoms with Crippen molar-refractivity contribution in [3.05, 3.63) is 34.2 Å². The quantitative estimate of drug-likeness (QED) is 0.796. The van der Waals surface area contributed by atoms with Crippen molar-refractivity contribution in [3.8, 4) is 17.1 Å². The van der Waals surface area contributed by atoms with E-state index in [4.69, 9.17) is 9.26 Å². The molecule has 6 heteroatoms. The van der Waals surface area contributed by atoms with Gasteiger partial charge in [-0.3, -0.25) is 4.79 Å². The Kier molecular flexibility index (Phi) is 3.47. The lowest BCUT2D eigenvalue weighted by Gasteiger charge is -2.02. The van der Waals surface area contributed by atoms with Crippen molar-refractivity contribution >= 4 is 21.9 Å². The van der Waals surface area contributed by atoms with Crippen molar-refractivity contribution in [2.75, 3.05) is 0 Å². The van der Waals surface area contributed by atoms with Gasteiger partial charge in [0, 0.05) is 12.5 Å². The summed E-state index contributed by atoms with van der Waals surface area (Å²) in [6.45, 7) is 2.92. The van der Waals surface area contributed by atoms with Crippen molar-refractivity contribution < 1.29 is 18.4 Å². The zero-order valence-corrected chi connectivity index (χ0v) is 11.2. The van der Waals surface area contributed by atoms with Crippen LogP contribution in [0.1, 0.15) is 12.6 Å². The lowest BCUT2D eigenvalue weighted by atomic mass is 10.1. The molecule has 2 rings (SSSR count). The van der Waals surface area contributed by atoms with Crippen LogP contribution in [0.25, 0.3) is 11.3 Å². The van der Waals surface area contributed by atoms with Gasteiger partial charge < -0.3 is 9.26 Å². The van der Waals surface area contributed by atoms with Crippen molar-refractivity contribution in [1.82, 2.24) is 5.16 Å². The van der Waals surface area contributed by atoms with E-state index in [0.717, 1.165) is 0 Å². The van der Waals surface area contributed by atoms with Crippen LogP contribution in [-0.2, 0) is 4.79 Å². The lowest BCUT2D eigenvalue weighted by Crippen LogP contribution is -2.02. The van der Waals surface area contributed by atoms with E-state index in [1.807, 2.05) is 0 Å². The molecule has 0 unspecified atom stereocenters. The fraction of sp³-hybridized carbons (Fsp3) is 0.167. The van der Waals surface area contributed by atoms with E-state index in [-0.39, 0.29) is 11.5 Å². The first-order valence-corrected chi connectivity index (χ1v) is 5.88. The number of halogens is 2. The first-order chi connectivity index (χ1) is 8.49. The second-order valence-corrected chi connectivity index (χ2v) is 4.50. The number of hydrogen-bond donors (Lipinski definition) is 0. The Hall–Kier alpha value is -1.69. The minimum absolute atomic E-state index is 0.212. The first-order valence-electron chi connectivity index (χ1n) is 5.09. The highest BCUT2D eigenvalue weighted by atomic mass is 79.9. The molecule has 4 nitrogen and oxygen atoms in total. The van der Waals surface area contributed by atoms with Gasteiger partial charge in [-0.2, -0.15) is 0 Å². The summed E-state index contributed by atoms with van der Waals surface area (Å²) in [4.78, 5) is 11.0. The molecule has 0 saturated heterocycles. The van der Waals surface area contributed by atoms with Gasteiger partial charge in [-0.25, -0.2) is 4.39 Å². The molecule has 0 bridgehead atoms. The minimum Gasteiger partial charge on any atom is -0.420 e. The molecule has 1 aromatic carbocycles. The molecule has 1 heterocycles. The minimum atomic E-state index is -0.486. The van der Waals surface area contributed by atoms with Crippen molar-refractivity contribution in [2.45, 2.75) is 13.8 Å². The van der Waals surface area contributed by atoms with Crippen LogP contribution < -0.4 is 4.74 Å². The number of nitrogens with zero attached hydrogens (tertiary/aromatic N) is 1. The molecule has 0 aliphatic heterocycles. The van der Waals surface area contributed by atoms with Crippen LogP contribution in [0.2, 0.25) is 0 Å². The van der Waals surface area contributed by atoms with Crippen LogP contribution in [0.5, 0.6) is 5.75 Å². The second-order valence-electron chi connectivity index (χ2n) is 3.65. The van der Waals surface area contributed by atoms with E-state index in [0.29, 0.717) is 15.7 Å². The number of aryl methyl sites for hydroxylation is 1. The third kappa shape index (κ3) is 2.43. The van der Waals surface area contributed by atoms with Gasteiger partial charge in [-0.1, -0.05) is 5.16 Å². The summed E-state index contributed by atoms with van der Waals surface area (Å²) < 4.78 is 23.9. The molecule has 1 aromatic heterocycles. The predicted octanol–water partition coefficient (Wildman–Crippen LogP) is 3.48. The molecule has 0 amide bonds. The third-order valence-electron chi connectivity index (χ3n) is 2.24. The highest BCUT2D eigenvalue weighted by molar-refractivity contribution is 9.10. The Bertz CT molecular complexity index is 609. The molecule has 0 fully saturated rings. The maximum Gasteiger partial charge on any atom is 0.308 e. The van der Waals surface area contributed by atoms with E-state index in [1.165, 1.54) is 13.0 Å². The lowest BCUT2D eigenvalue weighted by molar-refractivity contribution is -0.131. The molecule has 0 atom stereocenters. The average molecular weight is 314 g/mol. The van der Waals surface area contributed by atoms with E-state index in [9.17, 15) is 9.18 Å². The third-order valence-corrected chi connectivity index (χ3v) is 2.88. The summed E-state index contributed by atoms with van der Waals surface area (Å²) in [5.41, 5.74) is 0.885. The molecule has 0 N–H and O–H groups in total. The molecule has 0 aliphatic rings. The highest BCUT2D eigenvalue weighted by Crippen LogP contribution is 2.34. The van der Waals surface area contributed by atoms with Gasteiger partial charge in [-0.05, 0) is 41.1 Å². The summed E-state index contributed by atoms with van der Waals surface area (Å²) in [6, 6.07) is 4.46. The van der Waals surface area contributed by atoms with Crippen molar-refractivity contribution in [3.63, 3.8) is 0 Å². The molecular formula is C12H9BrFNO3. The second kappa shape index (κ2) is 4.89. The monoisotopic (exact) mass is 313 g/mol. The largest absolute Gasteiger partial charge is 0.420 e. The number of benzene rings is 1. The molecule has 94 valence electrons. The number of esters is 1. The molecular weight excluding hydrogens is 305 g/mol. The fourth-order valence-electron chi connectivity index (χ4n) is 1.45. The highest BCUT2D eigenvalue weighted by Gasteiger charge is 2.19. The number of carbonyl (C=O) groups is 1. The normalized spacial score (nSPS) is 10.4. The number of carbonyl (C=O) groups excluding carboxylic acids is 1. The van der Waals surface area contributed by atoms with E-state index >= 15 is 0 Å². The fourth-order valence-corrected chi connectivity index (χ4v) is 1.69. The van der Waals surface area contributed by atoms with Crippen LogP contribution in [0.3, 0.4) is 0 Å². The average Bonchev–Trinajstić information content (AvgIpc) is 2.64. The molecule has 0 aliphatic carbocycles. The summed E-state index contributed by atoms with van der Waals surface area (Å²) >= 11 is 3.06. The molecule has 0 radical (unpaired) electrons. The Morgan fingerprint density at radius 1 is 1.50 bits per heavy atom. The number of hydrogen-bond acceptors (Lipinski definition) is 4. The summed E-state index contributed by atoms with van der Waals surface area (Å²) in [7, 11) is 0. The number of ether oxygens (including phenoxy) is 1. The predicted molar refractivity (Wildman–Crippen MR) is 65.6 cm³/mol. The smallest absolute Gasteiger partial charge is 0.308 e. The Morgan fingerprint density at radius 2 is 2.22 bits per heavy atom. The van der Waals surface area contributed by atoms with Gasteiger partial charge in [0.1, 0.15) is 11.5 Å². The first kappa shape index (κ1) is 12.8. The maximum atomic E-state index is 13.4. The zero-order chi connectivity index (χ0) is 13.3. The number of aromatic nitrogens is 1. The Balaban J connectivity index is 2.50. The van der Waals surface area contributed by atoms with Crippen LogP contribution >= 0.6 is 15.9 Å². The van der Waals surface area contributed by atoms with Gasteiger partial charge >= 0.3 is 5.97 Å². The van der Waals surface area contributed by atoms with Crippen LogP contribution in [0, 0.1) is 12.7 Å². The van der Waals surface area contributed by atoms with Gasteiger partial charge in [0.2, 0.25) is 11.5 Å². The molecule has 18 heavy (non-hydrogen) atoms. The van der Waals surface area contributed by atoms with Crippen molar-refractivity contribution in [2.24, 2.45) is 0 Å². The summed E-state index contributed by atoms with van der Waals surface area (Å²) in [5.74, 6) is -0.478. The maximum absolute atomic E-state index is 13.4. The van der Waals surface area contributed by atoms with Crippen LogP contribution in [0.15, 0.2) is 27.2 Å². The SMILES string of the molecule is CC(=O)Oc1c(C)noc1-c1ccc(Br)c(F)c1. The Morgan fingerprint density at radius 3 is 2.83 bits per heavy atom.